The van der Waals surface area contributed by atoms with Crippen molar-refractivity contribution in [3.8, 4) is 0 Å². The van der Waals surface area contributed by atoms with E-state index in [1.807, 2.05) is 21.1 Å². The maximum Gasteiger partial charge on any atom is 0.472 e. The first-order chi connectivity index (χ1) is 25.0. The van der Waals surface area contributed by atoms with Crippen LogP contribution >= 0.6 is 7.82 Å². The zero-order valence-corrected chi connectivity index (χ0v) is 35.2. The summed E-state index contributed by atoms with van der Waals surface area (Å²) in [6, 6.07) is 0. The molecule has 0 aliphatic carbocycles. The van der Waals surface area contributed by atoms with Gasteiger partial charge in [0.1, 0.15) is 19.8 Å². The van der Waals surface area contributed by atoms with Gasteiger partial charge >= 0.3 is 19.8 Å². The minimum absolute atomic E-state index is 0.0287. The van der Waals surface area contributed by atoms with Gasteiger partial charge in [-0.05, 0) is 64.2 Å². The monoisotopic (exact) mass is 759 g/mol. The summed E-state index contributed by atoms with van der Waals surface area (Å²) in [4.78, 5) is 35.3. The maximum atomic E-state index is 12.6. The molecule has 0 heterocycles. The molecule has 10 heteroatoms. The van der Waals surface area contributed by atoms with Crippen LogP contribution in [0.1, 0.15) is 181 Å². The van der Waals surface area contributed by atoms with Gasteiger partial charge in [0.05, 0.1) is 27.7 Å². The summed E-state index contributed by atoms with van der Waals surface area (Å²) in [5, 5.41) is 0. The van der Waals surface area contributed by atoms with Crippen LogP contribution in [-0.4, -0.2) is 74.9 Å². The molecule has 0 amide bonds. The molecule has 9 nitrogen and oxygen atoms in total. The number of carbonyl (C=O) groups excluding carboxylic acids is 2. The first kappa shape index (κ1) is 50.5. The van der Waals surface area contributed by atoms with E-state index in [1.54, 1.807) is 0 Å². The summed E-state index contributed by atoms with van der Waals surface area (Å²) in [5.41, 5.74) is 0. The van der Waals surface area contributed by atoms with Gasteiger partial charge < -0.3 is 18.9 Å². The van der Waals surface area contributed by atoms with E-state index < -0.39 is 26.5 Å². The van der Waals surface area contributed by atoms with Crippen molar-refractivity contribution in [2.75, 3.05) is 47.5 Å². The van der Waals surface area contributed by atoms with Crippen LogP contribution in [0.2, 0.25) is 0 Å². The SMILES string of the molecule is CCCCCC/C=C/CCCCCCCC(=O)OC[C@H](COP(=O)(O)OCC[N+](C)(C)C)OC(=O)CCCCC/C=C/CCCCCCCCCC. The van der Waals surface area contributed by atoms with Gasteiger partial charge in [-0.2, -0.15) is 0 Å². The lowest BCUT2D eigenvalue weighted by atomic mass is 10.1. The van der Waals surface area contributed by atoms with Crippen LogP contribution in [0, 0.1) is 0 Å². The molecule has 0 aromatic heterocycles. The molecule has 2 atom stereocenters. The number of hydrogen-bond acceptors (Lipinski definition) is 7. The normalized spacial score (nSPS) is 13.9. The summed E-state index contributed by atoms with van der Waals surface area (Å²) >= 11 is 0. The number of phosphoric ester groups is 1. The Morgan fingerprint density at radius 3 is 1.46 bits per heavy atom. The first-order valence-corrected chi connectivity index (χ1v) is 22.6. The highest BCUT2D eigenvalue weighted by molar-refractivity contribution is 7.47. The molecular weight excluding hydrogens is 677 g/mol. The third-order valence-corrected chi connectivity index (χ3v) is 9.94. The maximum absolute atomic E-state index is 12.6. The lowest BCUT2D eigenvalue weighted by molar-refractivity contribution is -0.870. The van der Waals surface area contributed by atoms with Crippen molar-refractivity contribution < 1.29 is 42.1 Å². The highest BCUT2D eigenvalue weighted by Crippen LogP contribution is 2.43. The molecule has 0 fully saturated rings. The average molecular weight is 759 g/mol. The Balaban J connectivity index is 4.42. The topological polar surface area (TPSA) is 108 Å². The van der Waals surface area contributed by atoms with E-state index in [-0.39, 0.29) is 32.0 Å². The average Bonchev–Trinajstić information content (AvgIpc) is 3.09. The van der Waals surface area contributed by atoms with E-state index in [0.29, 0.717) is 17.4 Å². The fourth-order valence-electron chi connectivity index (χ4n) is 5.59. The molecule has 0 rings (SSSR count). The standard InChI is InChI=1S/C42H80NO8P/c1-6-8-10-12-14-16-18-20-21-23-25-27-29-31-33-35-42(45)51-40(39-50-52(46,47)49-37-36-43(3,4)5)38-48-41(44)34-32-30-28-26-24-22-19-17-15-13-11-9-7-2/h17,19,23,25,40H,6-16,18,20-22,24,26-39H2,1-5H3/p+1/b19-17+,25-23+/t40-/m1/s1. The molecule has 306 valence electrons. The second kappa shape index (κ2) is 35.2. The highest BCUT2D eigenvalue weighted by atomic mass is 31.2. The van der Waals surface area contributed by atoms with Gasteiger partial charge in [-0.15, -0.1) is 0 Å². The van der Waals surface area contributed by atoms with Crippen LogP contribution in [0.25, 0.3) is 0 Å². The Hall–Kier alpha value is -1.51. The van der Waals surface area contributed by atoms with Crippen molar-refractivity contribution in [1.29, 1.82) is 0 Å². The summed E-state index contributed by atoms with van der Waals surface area (Å²) in [6.07, 6.45) is 36.5. The van der Waals surface area contributed by atoms with Gasteiger partial charge in [-0.25, -0.2) is 4.57 Å². The molecule has 0 aromatic rings. The predicted octanol–water partition coefficient (Wildman–Crippen LogP) is 11.6. The van der Waals surface area contributed by atoms with Crippen molar-refractivity contribution >= 4 is 19.8 Å². The number of esters is 2. The summed E-state index contributed by atoms with van der Waals surface area (Å²) < 4.78 is 34.2. The number of rotatable bonds is 38. The smallest absolute Gasteiger partial charge is 0.462 e. The lowest BCUT2D eigenvalue weighted by Crippen LogP contribution is -2.37. The van der Waals surface area contributed by atoms with Crippen molar-refractivity contribution in [1.82, 2.24) is 0 Å². The van der Waals surface area contributed by atoms with E-state index in [1.165, 1.54) is 83.5 Å². The fourth-order valence-corrected chi connectivity index (χ4v) is 6.33. The van der Waals surface area contributed by atoms with Gasteiger partial charge in [0.25, 0.3) is 0 Å². The van der Waals surface area contributed by atoms with E-state index in [2.05, 4.69) is 38.2 Å². The predicted molar refractivity (Wildman–Crippen MR) is 215 cm³/mol. The second-order valence-corrected chi connectivity index (χ2v) is 16.8. The van der Waals surface area contributed by atoms with Gasteiger partial charge in [0.2, 0.25) is 0 Å². The van der Waals surface area contributed by atoms with Gasteiger partial charge in [-0.3, -0.25) is 18.6 Å². The minimum Gasteiger partial charge on any atom is -0.462 e. The quantitative estimate of drug-likeness (QED) is 0.0218. The molecule has 0 saturated heterocycles. The molecule has 0 aromatic carbocycles. The minimum atomic E-state index is -4.37. The molecule has 0 aliphatic rings. The number of nitrogens with zero attached hydrogens (tertiary/aromatic N) is 1. The number of phosphoric acid groups is 1. The van der Waals surface area contributed by atoms with Gasteiger partial charge in [-0.1, -0.05) is 128 Å². The Bertz CT molecular complexity index is 949. The Morgan fingerprint density at radius 2 is 0.981 bits per heavy atom. The zero-order valence-electron chi connectivity index (χ0n) is 34.3. The molecule has 0 bridgehead atoms. The lowest BCUT2D eigenvalue weighted by Gasteiger charge is -2.24. The van der Waals surface area contributed by atoms with Crippen LogP contribution in [0.3, 0.4) is 0 Å². The van der Waals surface area contributed by atoms with E-state index in [0.717, 1.165) is 64.2 Å². The molecule has 0 saturated carbocycles. The molecule has 1 N–H and O–H groups in total. The number of carbonyl (C=O) groups is 2. The number of hydrogen-bond donors (Lipinski definition) is 1. The van der Waals surface area contributed by atoms with Crippen molar-refractivity contribution in [3.05, 3.63) is 24.3 Å². The Kier molecular flexibility index (Phi) is 34.2. The number of quaternary nitrogens is 1. The van der Waals surface area contributed by atoms with E-state index in [9.17, 15) is 19.0 Å². The summed E-state index contributed by atoms with van der Waals surface area (Å²) in [6.45, 7) is 4.38. The van der Waals surface area contributed by atoms with Crippen molar-refractivity contribution in [2.24, 2.45) is 0 Å². The summed E-state index contributed by atoms with van der Waals surface area (Å²) in [7, 11) is 1.46. The largest absolute Gasteiger partial charge is 0.472 e. The highest BCUT2D eigenvalue weighted by Gasteiger charge is 2.27. The second-order valence-electron chi connectivity index (χ2n) is 15.4. The number of ether oxygens (including phenoxy) is 2. The number of unbranched alkanes of at least 4 members (excludes halogenated alkanes) is 20. The molecule has 1 unspecified atom stereocenters. The van der Waals surface area contributed by atoms with Gasteiger partial charge in [0.15, 0.2) is 6.10 Å². The summed E-state index contributed by atoms with van der Waals surface area (Å²) in [5.74, 6) is -0.825. The van der Waals surface area contributed by atoms with E-state index in [4.69, 9.17) is 18.5 Å². The Morgan fingerprint density at radius 1 is 0.577 bits per heavy atom. The van der Waals surface area contributed by atoms with E-state index >= 15 is 0 Å². The van der Waals surface area contributed by atoms with Crippen LogP contribution < -0.4 is 0 Å². The third kappa shape index (κ3) is 38.2. The first-order valence-electron chi connectivity index (χ1n) is 21.1. The third-order valence-electron chi connectivity index (χ3n) is 8.95. The van der Waals surface area contributed by atoms with Gasteiger partial charge in [0, 0.05) is 12.8 Å². The van der Waals surface area contributed by atoms with Crippen molar-refractivity contribution in [2.45, 2.75) is 187 Å². The molecular formula is C42H81NO8P+. The van der Waals surface area contributed by atoms with Crippen LogP contribution in [0.15, 0.2) is 24.3 Å². The Labute approximate surface area is 319 Å². The van der Waals surface area contributed by atoms with Crippen LogP contribution in [0.5, 0.6) is 0 Å². The van der Waals surface area contributed by atoms with Crippen LogP contribution in [-0.2, 0) is 32.7 Å². The molecule has 0 spiro atoms. The number of allylic oxidation sites excluding steroid dienone is 4. The van der Waals surface area contributed by atoms with Crippen molar-refractivity contribution in [3.63, 3.8) is 0 Å². The van der Waals surface area contributed by atoms with Crippen LogP contribution in [0.4, 0.5) is 0 Å². The fraction of sp³-hybridized carbons (Fsp3) is 0.857. The number of likely N-dealkylation sites (N-methyl/N-ethyl adjacent to an activating group) is 1. The molecule has 0 aliphatic heterocycles. The molecule has 0 radical (unpaired) electrons. The zero-order chi connectivity index (χ0) is 38.6. The molecule has 52 heavy (non-hydrogen) atoms.